The van der Waals surface area contributed by atoms with E-state index in [-0.39, 0.29) is 12.5 Å². The monoisotopic (exact) mass is 532 g/mol. The number of aromatic nitrogens is 2. The molecule has 0 radical (unpaired) electrons. The Labute approximate surface area is 231 Å². The lowest BCUT2D eigenvalue weighted by Gasteiger charge is -2.32. The van der Waals surface area contributed by atoms with Gasteiger partial charge in [0, 0.05) is 48.1 Å². The van der Waals surface area contributed by atoms with Gasteiger partial charge in [-0.05, 0) is 67.9 Å². The molecule has 1 N–H and O–H groups in total. The number of H-pyrrole nitrogens is 1. The number of rotatable bonds is 5. The molecule has 8 nitrogen and oxygen atoms in total. The van der Waals surface area contributed by atoms with Gasteiger partial charge in [0.2, 0.25) is 12.3 Å². The van der Waals surface area contributed by atoms with Crippen LogP contribution in [0.3, 0.4) is 0 Å². The van der Waals surface area contributed by atoms with Crippen molar-refractivity contribution < 1.29 is 19.1 Å². The first kappa shape index (κ1) is 30.9. The Balaban J connectivity index is 0.000000218. The highest BCUT2D eigenvalue weighted by Crippen LogP contribution is 2.20. The number of aryl methyl sites for hydroxylation is 2. The minimum absolute atomic E-state index is 0.0174. The molecule has 2 aromatic carbocycles. The number of hydrogen-bond acceptors (Lipinski definition) is 5. The van der Waals surface area contributed by atoms with E-state index in [1.165, 1.54) is 16.0 Å². The Bertz CT molecular complexity index is 1290. The van der Waals surface area contributed by atoms with Gasteiger partial charge in [0.15, 0.2) is 0 Å². The van der Waals surface area contributed by atoms with Crippen molar-refractivity contribution in [3.63, 3.8) is 0 Å². The number of aromatic amines is 1. The second-order valence-electron chi connectivity index (χ2n) is 8.62. The van der Waals surface area contributed by atoms with Crippen molar-refractivity contribution in [2.75, 3.05) is 33.9 Å². The Morgan fingerprint density at radius 3 is 2.26 bits per heavy atom. The number of nitrogens with zero attached hydrogens (tertiary/aromatic N) is 3. The van der Waals surface area contributed by atoms with Crippen LogP contribution in [0, 0.1) is 13.8 Å². The number of piperazine rings is 1. The maximum Gasteiger partial charge on any atom is 0.242 e. The number of fused-ring (bicyclic) bond motifs is 1. The van der Waals surface area contributed by atoms with Crippen molar-refractivity contribution in [2.45, 2.75) is 34.2 Å². The van der Waals surface area contributed by atoms with Crippen LogP contribution in [0.2, 0.25) is 0 Å². The van der Waals surface area contributed by atoms with Crippen LogP contribution in [0.4, 0.5) is 0 Å². The third kappa shape index (κ3) is 10.2. The summed E-state index contributed by atoms with van der Waals surface area (Å²) in [4.78, 5) is 32.9. The summed E-state index contributed by atoms with van der Waals surface area (Å²) in [5, 5.41) is 1.20. The first-order valence-electron chi connectivity index (χ1n) is 13.0. The summed E-state index contributed by atoms with van der Waals surface area (Å²) in [7, 11) is 3.30. The third-order valence-corrected chi connectivity index (χ3v) is 5.78. The van der Waals surface area contributed by atoms with Gasteiger partial charge in [0.1, 0.15) is 11.5 Å². The molecule has 5 rings (SSSR count). The number of hydrogen-bond donors (Lipinski definition) is 1. The van der Waals surface area contributed by atoms with Gasteiger partial charge in [-0.2, -0.15) is 0 Å². The Morgan fingerprint density at radius 2 is 1.67 bits per heavy atom. The van der Waals surface area contributed by atoms with Crippen LogP contribution in [0.25, 0.3) is 10.9 Å². The molecule has 39 heavy (non-hydrogen) atoms. The fourth-order valence-corrected chi connectivity index (χ4v) is 3.81. The highest BCUT2D eigenvalue weighted by atomic mass is 16.5. The van der Waals surface area contributed by atoms with E-state index in [0.29, 0.717) is 19.6 Å². The molecule has 4 aromatic rings. The first-order valence-corrected chi connectivity index (χ1v) is 13.0. The second-order valence-corrected chi connectivity index (χ2v) is 8.62. The van der Waals surface area contributed by atoms with Gasteiger partial charge in [-0.15, -0.1) is 0 Å². The number of carbonyl (C=O) groups excluding carboxylic acids is 2. The van der Waals surface area contributed by atoms with Gasteiger partial charge in [0.05, 0.1) is 20.8 Å². The summed E-state index contributed by atoms with van der Waals surface area (Å²) in [5.41, 5.74) is 4.44. The standard InChI is InChI=1S/C13H16N2O3.C10H11NO.C6H7N.C2H6/c1-18-12-4-2-3-11(7-12)8-15-6-5-14(10-16)9-13(15)17;1-7-5-8-6-9(12-2)3-4-10(8)11-7;1-6-4-2-3-5-7-6;1-2/h2-4,7,10H,5-6,8-9H2,1H3;3-6,11H,1-2H3;2-5H,1H3;1-2H3. The molecule has 0 bridgehead atoms. The third-order valence-electron chi connectivity index (χ3n) is 5.78. The lowest BCUT2D eigenvalue weighted by molar-refractivity contribution is -0.140. The van der Waals surface area contributed by atoms with Gasteiger partial charge >= 0.3 is 0 Å². The summed E-state index contributed by atoms with van der Waals surface area (Å²) in [6.07, 6.45) is 2.51. The minimum atomic E-state index is -0.0174. The Morgan fingerprint density at radius 1 is 0.923 bits per heavy atom. The number of nitrogens with one attached hydrogen (secondary N) is 1. The maximum atomic E-state index is 11.8. The summed E-state index contributed by atoms with van der Waals surface area (Å²) in [6, 6.07) is 21.6. The van der Waals surface area contributed by atoms with Crippen molar-refractivity contribution in [1.29, 1.82) is 0 Å². The van der Waals surface area contributed by atoms with E-state index in [0.717, 1.165) is 34.7 Å². The van der Waals surface area contributed by atoms with Crippen molar-refractivity contribution in [3.8, 4) is 11.5 Å². The summed E-state index contributed by atoms with van der Waals surface area (Å²) in [6.45, 7) is 9.93. The number of ether oxygens (including phenoxy) is 2. The van der Waals surface area contributed by atoms with Gasteiger partial charge in [-0.1, -0.05) is 32.0 Å². The predicted octanol–water partition coefficient (Wildman–Crippen LogP) is 5.40. The van der Waals surface area contributed by atoms with Crippen LogP contribution < -0.4 is 9.47 Å². The van der Waals surface area contributed by atoms with E-state index in [1.54, 1.807) is 25.3 Å². The maximum absolute atomic E-state index is 11.8. The fourth-order valence-electron chi connectivity index (χ4n) is 3.81. The van der Waals surface area contributed by atoms with E-state index in [1.807, 2.05) is 88.4 Å². The van der Waals surface area contributed by atoms with Crippen LogP contribution in [0.5, 0.6) is 11.5 Å². The summed E-state index contributed by atoms with van der Waals surface area (Å²) in [5.74, 6) is 1.67. The zero-order valence-electron chi connectivity index (χ0n) is 23.8. The Hall–Kier alpha value is -4.33. The zero-order chi connectivity index (χ0) is 28.6. The van der Waals surface area contributed by atoms with E-state index in [9.17, 15) is 9.59 Å². The molecular formula is C31H40N4O4. The molecule has 0 unspecified atom stereocenters. The van der Waals surface area contributed by atoms with Crippen LogP contribution >= 0.6 is 0 Å². The Kier molecular flexibility index (Phi) is 13.1. The topological polar surface area (TPSA) is 87.8 Å². The molecule has 1 fully saturated rings. The van der Waals surface area contributed by atoms with E-state index < -0.39 is 0 Å². The second kappa shape index (κ2) is 16.5. The molecule has 0 saturated carbocycles. The van der Waals surface area contributed by atoms with E-state index in [4.69, 9.17) is 9.47 Å². The van der Waals surface area contributed by atoms with Gasteiger partial charge in [0.25, 0.3) is 0 Å². The molecule has 0 atom stereocenters. The molecule has 2 amide bonds. The molecule has 1 aliphatic heterocycles. The van der Waals surface area contributed by atoms with Gasteiger partial charge in [-0.3, -0.25) is 14.6 Å². The van der Waals surface area contributed by atoms with E-state index >= 15 is 0 Å². The number of amides is 2. The molecule has 1 aliphatic rings. The minimum Gasteiger partial charge on any atom is -0.497 e. The molecule has 2 aromatic heterocycles. The number of methoxy groups -OCH3 is 2. The molecule has 0 spiro atoms. The van der Waals surface area contributed by atoms with Crippen molar-refractivity contribution in [1.82, 2.24) is 19.8 Å². The van der Waals surface area contributed by atoms with E-state index in [2.05, 4.69) is 16.0 Å². The molecule has 0 aliphatic carbocycles. The predicted molar refractivity (Wildman–Crippen MR) is 156 cm³/mol. The first-order chi connectivity index (χ1) is 18.9. The zero-order valence-corrected chi connectivity index (χ0v) is 23.8. The molecule has 1 saturated heterocycles. The highest BCUT2D eigenvalue weighted by molar-refractivity contribution is 5.82. The van der Waals surface area contributed by atoms with Crippen LogP contribution in [-0.4, -0.2) is 65.9 Å². The highest BCUT2D eigenvalue weighted by Gasteiger charge is 2.22. The molecule has 8 heteroatoms. The SMILES string of the molecule is CC.COc1ccc2[nH]c(C)cc2c1.COc1cccc(CN2CCN(C=O)CC2=O)c1.Cc1ccccn1. The lowest BCUT2D eigenvalue weighted by atomic mass is 10.2. The average molecular weight is 533 g/mol. The molecular weight excluding hydrogens is 492 g/mol. The largest absolute Gasteiger partial charge is 0.497 e. The average Bonchev–Trinajstić information content (AvgIpc) is 3.35. The molecule has 3 heterocycles. The van der Waals surface area contributed by atoms with Crippen molar-refractivity contribution in [3.05, 3.63) is 89.9 Å². The van der Waals surface area contributed by atoms with Crippen molar-refractivity contribution in [2.24, 2.45) is 0 Å². The quantitative estimate of drug-likeness (QED) is 0.348. The normalized spacial score (nSPS) is 12.2. The number of carbonyl (C=O) groups is 2. The van der Waals surface area contributed by atoms with Gasteiger partial charge in [-0.25, -0.2) is 0 Å². The lowest BCUT2D eigenvalue weighted by Crippen LogP contribution is -2.49. The van der Waals surface area contributed by atoms with Crippen LogP contribution in [0.1, 0.15) is 30.8 Å². The summed E-state index contributed by atoms with van der Waals surface area (Å²) < 4.78 is 10.3. The van der Waals surface area contributed by atoms with Crippen LogP contribution in [-0.2, 0) is 16.1 Å². The number of pyridine rings is 1. The fraction of sp³-hybridized carbons (Fsp3) is 0.323. The van der Waals surface area contributed by atoms with Crippen molar-refractivity contribution >= 4 is 23.2 Å². The smallest absolute Gasteiger partial charge is 0.242 e. The van der Waals surface area contributed by atoms with Gasteiger partial charge < -0.3 is 24.3 Å². The molecule has 208 valence electrons. The van der Waals surface area contributed by atoms with Crippen LogP contribution in [0.15, 0.2) is 72.9 Å². The number of benzene rings is 2. The summed E-state index contributed by atoms with van der Waals surface area (Å²) >= 11 is 0.